The molecule has 11 heteroatoms. The van der Waals surface area contributed by atoms with Crippen molar-refractivity contribution in [3.63, 3.8) is 0 Å². The molecule has 0 amide bonds. The molecular weight excluding hydrogens is 657 g/mol. The maximum absolute atomic E-state index is 13.6. The Morgan fingerprint density at radius 3 is 2.65 bits per heavy atom. The van der Waals surface area contributed by atoms with E-state index in [1.54, 1.807) is 24.3 Å². The first-order valence-electron chi connectivity index (χ1n) is 17.3. The number of aryl methyl sites for hydroxylation is 1. The molecule has 49 heavy (non-hydrogen) atoms. The second kappa shape index (κ2) is 13.2. The van der Waals surface area contributed by atoms with Crippen LogP contribution in [0.3, 0.4) is 0 Å². The van der Waals surface area contributed by atoms with Crippen LogP contribution in [0.5, 0.6) is 17.2 Å². The number of fused-ring (bicyclic) bond motifs is 4. The van der Waals surface area contributed by atoms with Gasteiger partial charge in [-0.1, -0.05) is 31.5 Å². The van der Waals surface area contributed by atoms with E-state index >= 15 is 0 Å². The lowest BCUT2D eigenvalue weighted by atomic mass is 9.59. The largest absolute Gasteiger partial charge is 0.493 e. The van der Waals surface area contributed by atoms with Crippen molar-refractivity contribution in [2.45, 2.75) is 94.7 Å². The first-order chi connectivity index (χ1) is 23.4. The Balaban J connectivity index is 1.15. The van der Waals surface area contributed by atoms with E-state index in [2.05, 4.69) is 36.3 Å². The fourth-order valence-electron chi connectivity index (χ4n) is 8.77. The molecule has 2 heterocycles. The van der Waals surface area contributed by atoms with Gasteiger partial charge in [0.25, 0.3) is 0 Å². The van der Waals surface area contributed by atoms with E-state index in [1.165, 1.54) is 16.7 Å². The van der Waals surface area contributed by atoms with E-state index in [-0.39, 0.29) is 36.9 Å². The van der Waals surface area contributed by atoms with Crippen LogP contribution in [0.15, 0.2) is 48.7 Å². The number of esters is 1. The van der Waals surface area contributed by atoms with Gasteiger partial charge in [0.15, 0.2) is 18.1 Å². The van der Waals surface area contributed by atoms with Crippen molar-refractivity contribution in [2.75, 3.05) is 25.3 Å². The number of pyridine rings is 1. The quantitative estimate of drug-likeness (QED) is 0.224. The van der Waals surface area contributed by atoms with Crippen molar-refractivity contribution in [1.82, 2.24) is 4.98 Å². The molecule has 1 aromatic heterocycles. The van der Waals surface area contributed by atoms with Gasteiger partial charge in [-0.2, -0.15) is 13.2 Å². The zero-order chi connectivity index (χ0) is 34.4. The summed E-state index contributed by atoms with van der Waals surface area (Å²) in [7, 11) is 0. The Labute approximate surface area is 289 Å². The van der Waals surface area contributed by atoms with E-state index in [1.807, 2.05) is 12.3 Å². The fraction of sp³-hybridized carbons (Fsp3) is 0.526. The van der Waals surface area contributed by atoms with Crippen LogP contribution in [0.4, 0.5) is 18.9 Å². The molecule has 7 nitrogen and oxygen atoms in total. The lowest BCUT2D eigenvalue weighted by Crippen LogP contribution is -2.54. The third-order valence-electron chi connectivity index (χ3n) is 11.1. The van der Waals surface area contributed by atoms with Gasteiger partial charge < -0.3 is 24.3 Å². The van der Waals surface area contributed by atoms with Crippen LogP contribution in [0.2, 0.25) is 5.02 Å². The average Bonchev–Trinajstić information content (AvgIpc) is 3.64. The Kier molecular flexibility index (Phi) is 9.13. The van der Waals surface area contributed by atoms with E-state index in [0.717, 1.165) is 49.3 Å². The molecule has 1 fully saturated rings. The maximum atomic E-state index is 13.6. The van der Waals surface area contributed by atoms with Gasteiger partial charge in [0.05, 0.1) is 6.61 Å². The fourth-order valence-corrected chi connectivity index (χ4v) is 8.96. The monoisotopic (exact) mass is 698 g/mol. The second-order valence-corrected chi connectivity index (χ2v) is 14.9. The average molecular weight is 699 g/mol. The Morgan fingerprint density at radius 2 is 1.90 bits per heavy atom. The number of ether oxygens (including phenoxy) is 4. The summed E-state index contributed by atoms with van der Waals surface area (Å²) < 4.78 is 62.6. The minimum Gasteiger partial charge on any atom is -0.493 e. The molecule has 1 saturated carbocycles. The third-order valence-corrected chi connectivity index (χ3v) is 11.4. The number of halogens is 4. The van der Waals surface area contributed by atoms with Crippen LogP contribution < -0.4 is 19.5 Å². The smallest absolute Gasteiger partial charge is 0.422 e. The molecule has 0 unspecified atom stereocenters. The number of hydrogen-bond donors (Lipinski definition) is 1. The van der Waals surface area contributed by atoms with E-state index in [0.29, 0.717) is 41.8 Å². The second-order valence-electron chi connectivity index (χ2n) is 14.4. The lowest BCUT2D eigenvalue weighted by molar-refractivity contribution is -0.190. The first kappa shape index (κ1) is 33.8. The van der Waals surface area contributed by atoms with Gasteiger partial charge in [-0.05, 0) is 128 Å². The summed E-state index contributed by atoms with van der Waals surface area (Å²) in [5, 5.41) is 3.72. The number of hydrogen-bond acceptors (Lipinski definition) is 7. The highest BCUT2D eigenvalue weighted by atomic mass is 35.5. The molecule has 262 valence electrons. The molecule has 1 aliphatic heterocycles. The first-order valence-corrected chi connectivity index (χ1v) is 17.6. The van der Waals surface area contributed by atoms with E-state index in [4.69, 9.17) is 30.5 Å². The van der Waals surface area contributed by atoms with Crippen LogP contribution in [0.25, 0.3) is 0 Å². The number of nitrogens with zero attached hydrogens (tertiary/aromatic N) is 1. The predicted octanol–water partition coefficient (Wildman–Crippen LogP) is 8.95. The zero-order valence-corrected chi connectivity index (χ0v) is 28.6. The number of carbonyl (C=O) groups is 1. The molecule has 0 bridgehead atoms. The van der Waals surface area contributed by atoms with Crippen molar-refractivity contribution in [3.8, 4) is 17.2 Å². The van der Waals surface area contributed by atoms with Gasteiger partial charge >= 0.3 is 12.1 Å². The van der Waals surface area contributed by atoms with Crippen molar-refractivity contribution in [2.24, 2.45) is 11.8 Å². The van der Waals surface area contributed by atoms with Gasteiger partial charge in [-0.25, -0.2) is 4.79 Å². The molecule has 1 N–H and O–H groups in total. The molecule has 2 aromatic carbocycles. The summed E-state index contributed by atoms with van der Waals surface area (Å²) in [6.45, 7) is 3.53. The van der Waals surface area contributed by atoms with Crippen molar-refractivity contribution in [3.05, 3.63) is 76.1 Å². The number of anilines is 1. The Bertz CT molecular complexity index is 1710. The molecule has 4 aliphatic rings. The number of rotatable bonds is 9. The van der Waals surface area contributed by atoms with Crippen LogP contribution in [-0.4, -0.2) is 42.7 Å². The standard InChI is InChI=1S/C38H42ClF3N2O5/c1-23(20-46-31-9-14-43-30-8-3-5-24(2)34(30)31)15-26-16-25-17-32-33(49-22-48-32)19-29(25)36(26)10-12-37(13-11-36,35(45)47-21-38(40,41)42)44-28-7-4-6-27(39)18-28/h4,6-7,9,14,17-19,23-24,26,44H,3,5,8,10-13,15-16,20-22H2,1-2H3/t23-,24-,26+,36?,37?/m1/s1. The van der Waals surface area contributed by atoms with Gasteiger partial charge in [0.1, 0.15) is 11.3 Å². The highest BCUT2D eigenvalue weighted by Crippen LogP contribution is 2.58. The van der Waals surface area contributed by atoms with Gasteiger partial charge in [0, 0.05) is 28.2 Å². The normalized spacial score (nSPS) is 26.2. The van der Waals surface area contributed by atoms with Gasteiger partial charge in [0.2, 0.25) is 6.79 Å². The van der Waals surface area contributed by atoms with Crippen molar-refractivity contribution >= 4 is 23.3 Å². The van der Waals surface area contributed by atoms with Crippen LogP contribution in [0, 0.1) is 11.8 Å². The summed E-state index contributed by atoms with van der Waals surface area (Å²) in [4.78, 5) is 18.2. The topological polar surface area (TPSA) is 78.9 Å². The van der Waals surface area contributed by atoms with Gasteiger partial charge in [-0.15, -0.1) is 0 Å². The number of benzene rings is 2. The number of alkyl halides is 3. The zero-order valence-electron chi connectivity index (χ0n) is 27.8. The molecular formula is C38H42ClF3N2O5. The Hall–Kier alpha value is -3.66. The molecule has 3 aliphatic carbocycles. The highest BCUT2D eigenvalue weighted by molar-refractivity contribution is 6.30. The van der Waals surface area contributed by atoms with E-state index < -0.39 is 24.3 Å². The molecule has 1 spiro atoms. The predicted molar refractivity (Wildman–Crippen MR) is 180 cm³/mol. The minimum atomic E-state index is -4.63. The minimum absolute atomic E-state index is 0.165. The SMILES string of the molecule is C[C@@H](COc1ccnc2c1[C@H](C)CCC2)C[C@H]1Cc2cc3c(cc2C12CCC(Nc1cccc(Cl)c1)(C(=O)OCC(F)(F)F)CC2)OCO3. The molecule has 3 atom stereocenters. The van der Waals surface area contributed by atoms with Crippen LogP contribution in [-0.2, 0) is 27.8 Å². The summed E-state index contributed by atoms with van der Waals surface area (Å²) in [6.07, 6.45) is 3.86. The highest BCUT2D eigenvalue weighted by Gasteiger charge is 2.55. The summed E-state index contributed by atoms with van der Waals surface area (Å²) in [5.74, 6) is 2.28. The molecule has 3 aromatic rings. The molecule has 7 rings (SSSR count). The summed E-state index contributed by atoms with van der Waals surface area (Å²) in [5.41, 5.74) is 3.61. The summed E-state index contributed by atoms with van der Waals surface area (Å²) >= 11 is 6.24. The van der Waals surface area contributed by atoms with E-state index in [9.17, 15) is 18.0 Å². The number of nitrogens with one attached hydrogen (secondary N) is 1. The van der Waals surface area contributed by atoms with Crippen LogP contribution in [0.1, 0.15) is 87.1 Å². The maximum Gasteiger partial charge on any atom is 0.422 e. The molecule has 0 radical (unpaired) electrons. The molecule has 0 saturated heterocycles. The lowest BCUT2D eigenvalue weighted by Gasteiger charge is -2.48. The number of carbonyl (C=O) groups excluding carboxylic acids is 1. The van der Waals surface area contributed by atoms with Crippen LogP contribution >= 0.6 is 11.6 Å². The number of aromatic nitrogens is 1. The van der Waals surface area contributed by atoms with Crippen molar-refractivity contribution in [1.29, 1.82) is 0 Å². The van der Waals surface area contributed by atoms with Gasteiger partial charge in [-0.3, -0.25) is 4.98 Å². The third kappa shape index (κ3) is 6.77. The Morgan fingerprint density at radius 1 is 1.12 bits per heavy atom. The van der Waals surface area contributed by atoms with Crippen molar-refractivity contribution < 1.29 is 36.9 Å². The summed E-state index contributed by atoms with van der Waals surface area (Å²) in [6, 6.07) is 13.0.